The Kier molecular flexibility index (Phi) is 2.71. The van der Waals surface area contributed by atoms with Crippen LogP contribution in [0.4, 0.5) is 0 Å². The number of aliphatic carboxylic acids is 1. The maximum absolute atomic E-state index is 11.5. The van der Waals surface area contributed by atoms with Crippen LogP contribution in [0.25, 0.3) is 0 Å². The lowest BCUT2D eigenvalue weighted by atomic mass is 9.81. The Bertz CT molecular complexity index is 239. The molecule has 1 rings (SSSR count). The zero-order valence-electron chi connectivity index (χ0n) is 8.04. The van der Waals surface area contributed by atoms with E-state index in [9.17, 15) is 9.59 Å². The molecular formula is C9H15NO3. The summed E-state index contributed by atoms with van der Waals surface area (Å²) < 4.78 is 0. The molecule has 74 valence electrons. The summed E-state index contributed by atoms with van der Waals surface area (Å²) in [5, 5.41) is 9.04. The molecule has 0 aliphatic carbocycles. The lowest BCUT2D eigenvalue weighted by Crippen LogP contribution is -2.41. The number of carbonyl (C=O) groups excluding carboxylic acids is 1. The van der Waals surface area contributed by atoms with Gasteiger partial charge in [-0.2, -0.15) is 0 Å². The molecule has 0 bridgehead atoms. The SMILES string of the molecule is CCC(=O)C1(C(=O)O)CCN(C)C1. The summed E-state index contributed by atoms with van der Waals surface area (Å²) >= 11 is 0. The minimum Gasteiger partial charge on any atom is -0.480 e. The van der Waals surface area contributed by atoms with Crippen molar-refractivity contribution in [2.75, 3.05) is 20.1 Å². The molecule has 4 nitrogen and oxygen atoms in total. The first-order valence-corrected chi connectivity index (χ1v) is 4.48. The molecule has 1 saturated heterocycles. The topological polar surface area (TPSA) is 57.6 Å². The number of carbonyl (C=O) groups is 2. The molecular weight excluding hydrogens is 170 g/mol. The summed E-state index contributed by atoms with van der Waals surface area (Å²) in [5.74, 6) is -1.12. The van der Waals surface area contributed by atoms with Crippen LogP contribution in [0.5, 0.6) is 0 Å². The highest BCUT2D eigenvalue weighted by Crippen LogP contribution is 2.32. The molecule has 13 heavy (non-hydrogen) atoms. The van der Waals surface area contributed by atoms with E-state index in [2.05, 4.69) is 0 Å². The fourth-order valence-electron chi connectivity index (χ4n) is 1.86. The van der Waals surface area contributed by atoms with Crippen LogP contribution < -0.4 is 0 Å². The van der Waals surface area contributed by atoms with Gasteiger partial charge >= 0.3 is 5.97 Å². The number of ketones is 1. The van der Waals surface area contributed by atoms with E-state index in [0.717, 1.165) is 0 Å². The van der Waals surface area contributed by atoms with Crippen molar-refractivity contribution in [3.05, 3.63) is 0 Å². The van der Waals surface area contributed by atoms with E-state index in [0.29, 0.717) is 25.9 Å². The van der Waals surface area contributed by atoms with Crippen LogP contribution >= 0.6 is 0 Å². The molecule has 0 spiro atoms. The van der Waals surface area contributed by atoms with Crippen molar-refractivity contribution < 1.29 is 14.7 Å². The van der Waals surface area contributed by atoms with Crippen molar-refractivity contribution >= 4 is 11.8 Å². The van der Waals surface area contributed by atoms with Crippen molar-refractivity contribution in [2.24, 2.45) is 5.41 Å². The van der Waals surface area contributed by atoms with Gasteiger partial charge in [-0.1, -0.05) is 6.92 Å². The molecule has 1 atom stereocenters. The molecule has 1 aliphatic heterocycles. The molecule has 0 saturated carbocycles. The normalized spacial score (nSPS) is 29.1. The molecule has 0 aromatic carbocycles. The van der Waals surface area contributed by atoms with E-state index in [1.807, 2.05) is 11.9 Å². The monoisotopic (exact) mass is 185 g/mol. The highest BCUT2D eigenvalue weighted by molar-refractivity contribution is 6.03. The number of likely N-dealkylation sites (tertiary alicyclic amines) is 1. The Hall–Kier alpha value is -0.900. The average Bonchev–Trinajstić information content (AvgIpc) is 2.47. The second-order valence-corrected chi connectivity index (χ2v) is 3.65. The third kappa shape index (κ3) is 1.58. The molecule has 4 heteroatoms. The molecule has 1 fully saturated rings. The largest absolute Gasteiger partial charge is 0.480 e. The van der Waals surface area contributed by atoms with Crippen molar-refractivity contribution in [1.82, 2.24) is 4.90 Å². The summed E-state index contributed by atoms with van der Waals surface area (Å²) in [7, 11) is 1.84. The summed E-state index contributed by atoms with van der Waals surface area (Å²) in [6, 6.07) is 0. The van der Waals surface area contributed by atoms with Gasteiger partial charge in [-0.3, -0.25) is 9.59 Å². The number of carboxylic acids is 1. The minimum absolute atomic E-state index is 0.149. The molecule has 0 amide bonds. The Morgan fingerprint density at radius 2 is 2.15 bits per heavy atom. The lowest BCUT2D eigenvalue weighted by molar-refractivity contribution is -0.154. The average molecular weight is 185 g/mol. The highest BCUT2D eigenvalue weighted by atomic mass is 16.4. The molecule has 1 N–H and O–H groups in total. The van der Waals surface area contributed by atoms with Crippen molar-refractivity contribution in [3.8, 4) is 0 Å². The van der Waals surface area contributed by atoms with Crippen LogP contribution in [-0.4, -0.2) is 41.9 Å². The van der Waals surface area contributed by atoms with Gasteiger partial charge in [0.05, 0.1) is 0 Å². The quantitative estimate of drug-likeness (QED) is 0.645. The fraction of sp³-hybridized carbons (Fsp3) is 0.778. The van der Waals surface area contributed by atoms with Crippen LogP contribution in [0.3, 0.4) is 0 Å². The third-order valence-corrected chi connectivity index (χ3v) is 2.72. The van der Waals surface area contributed by atoms with Crippen LogP contribution in [0.1, 0.15) is 19.8 Å². The van der Waals surface area contributed by atoms with Gasteiger partial charge < -0.3 is 10.0 Å². The van der Waals surface area contributed by atoms with E-state index >= 15 is 0 Å². The number of rotatable bonds is 3. The summed E-state index contributed by atoms with van der Waals surface area (Å²) in [6.07, 6.45) is 0.756. The molecule has 0 radical (unpaired) electrons. The van der Waals surface area contributed by atoms with Crippen LogP contribution in [0.2, 0.25) is 0 Å². The van der Waals surface area contributed by atoms with Crippen molar-refractivity contribution in [2.45, 2.75) is 19.8 Å². The van der Waals surface area contributed by atoms with Gasteiger partial charge in [0, 0.05) is 13.0 Å². The predicted octanol–water partition coefficient (Wildman–Crippen LogP) is 0.372. The Morgan fingerprint density at radius 3 is 2.46 bits per heavy atom. The minimum atomic E-state index is -1.12. The van der Waals surface area contributed by atoms with E-state index < -0.39 is 11.4 Å². The molecule has 0 aromatic rings. The summed E-state index contributed by atoms with van der Waals surface area (Å²) in [5.41, 5.74) is -1.12. The number of hydrogen-bond acceptors (Lipinski definition) is 3. The van der Waals surface area contributed by atoms with Crippen LogP contribution in [0, 0.1) is 5.41 Å². The number of Topliss-reactive ketones (excluding diaryl/α,β-unsaturated/α-hetero) is 1. The first kappa shape index (κ1) is 10.2. The van der Waals surface area contributed by atoms with Crippen molar-refractivity contribution in [1.29, 1.82) is 0 Å². The zero-order chi connectivity index (χ0) is 10.1. The molecule has 1 unspecified atom stereocenters. The van der Waals surface area contributed by atoms with Crippen LogP contribution in [-0.2, 0) is 9.59 Å². The predicted molar refractivity (Wildman–Crippen MR) is 47.5 cm³/mol. The smallest absolute Gasteiger partial charge is 0.318 e. The first-order valence-electron chi connectivity index (χ1n) is 4.48. The van der Waals surface area contributed by atoms with Gasteiger partial charge in [-0.15, -0.1) is 0 Å². The molecule has 1 heterocycles. The Morgan fingerprint density at radius 1 is 1.54 bits per heavy atom. The maximum atomic E-state index is 11.5. The Labute approximate surface area is 77.5 Å². The van der Waals surface area contributed by atoms with Crippen molar-refractivity contribution in [3.63, 3.8) is 0 Å². The summed E-state index contributed by atoms with van der Waals surface area (Å²) in [4.78, 5) is 24.4. The van der Waals surface area contributed by atoms with E-state index in [4.69, 9.17) is 5.11 Å². The molecule has 0 aromatic heterocycles. The van der Waals surface area contributed by atoms with E-state index in [-0.39, 0.29) is 5.78 Å². The number of hydrogen-bond donors (Lipinski definition) is 1. The van der Waals surface area contributed by atoms with Gasteiger partial charge in [0.25, 0.3) is 0 Å². The van der Waals surface area contributed by atoms with Gasteiger partial charge in [-0.25, -0.2) is 0 Å². The highest BCUT2D eigenvalue weighted by Gasteiger charge is 2.48. The maximum Gasteiger partial charge on any atom is 0.318 e. The van der Waals surface area contributed by atoms with Gasteiger partial charge in [0.1, 0.15) is 5.41 Å². The van der Waals surface area contributed by atoms with Crippen LogP contribution in [0.15, 0.2) is 0 Å². The van der Waals surface area contributed by atoms with E-state index in [1.54, 1.807) is 6.92 Å². The fourth-order valence-corrected chi connectivity index (χ4v) is 1.86. The lowest BCUT2D eigenvalue weighted by Gasteiger charge is -2.21. The number of nitrogens with zero attached hydrogens (tertiary/aromatic N) is 1. The first-order chi connectivity index (χ1) is 6.03. The third-order valence-electron chi connectivity index (χ3n) is 2.72. The standard InChI is InChI=1S/C9H15NO3/c1-3-7(11)9(8(12)13)4-5-10(2)6-9/h3-6H2,1-2H3,(H,12,13). The van der Waals surface area contributed by atoms with Gasteiger partial charge in [0.2, 0.25) is 0 Å². The molecule has 1 aliphatic rings. The summed E-state index contributed by atoms with van der Waals surface area (Å²) in [6.45, 7) is 2.76. The second-order valence-electron chi connectivity index (χ2n) is 3.65. The number of carboxylic acid groups (broad SMARTS) is 1. The second kappa shape index (κ2) is 3.46. The van der Waals surface area contributed by atoms with Gasteiger partial charge in [-0.05, 0) is 20.0 Å². The Balaban J connectivity index is 2.89. The zero-order valence-corrected chi connectivity index (χ0v) is 8.04. The van der Waals surface area contributed by atoms with E-state index in [1.165, 1.54) is 0 Å². The van der Waals surface area contributed by atoms with Gasteiger partial charge in [0.15, 0.2) is 5.78 Å².